The lowest BCUT2D eigenvalue weighted by atomic mass is 10.7. The van der Waals surface area contributed by atoms with Crippen molar-refractivity contribution in [3.63, 3.8) is 0 Å². The van der Waals surface area contributed by atoms with E-state index in [-0.39, 0.29) is 0 Å². The third-order valence-corrected chi connectivity index (χ3v) is 0.439. The number of hydroxylamine groups is 2. The molecule has 0 saturated heterocycles. The van der Waals surface area contributed by atoms with Gasteiger partial charge in [-0.05, 0) is 0 Å². The van der Waals surface area contributed by atoms with Gasteiger partial charge in [-0.1, -0.05) is 6.58 Å². The van der Waals surface area contributed by atoms with Crippen LogP contribution in [0.4, 0.5) is 0 Å². The fourth-order valence-corrected chi connectivity index (χ4v) is 0.217. The Morgan fingerprint density at radius 1 is 1.60 bits per heavy atom. The number of alkyl halides is 1. The van der Waals surface area contributed by atoms with Crippen molar-refractivity contribution < 1.29 is 9.63 Å². The van der Waals surface area contributed by atoms with Crippen molar-refractivity contribution in [1.29, 1.82) is 0 Å². The van der Waals surface area contributed by atoms with E-state index in [1.165, 1.54) is 11.4 Å². The van der Waals surface area contributed by atoms with E-state index < -0.39 is 5.97 Å². The molecule has 10 heavy (non-hydrogen) atoms. The van der Waals surface area contributed by atoms with Crippen molar-refractivity contribution in [2.75, 3.05) is 20.5 Å². The van der Waals surface area contributed by atoms with E-state index in [0.717, 1.165) is 6.08 Å². The normalized spacial score (nSPS) is 7.70. The largest absolute Gasteiger partial charge is 0.365 e. The van der Waals surface area contributed by atoms with E-state index in [2.05, 4.69) is 23.0 Å². The summed E-state index contributed by atoms with van der Waals surface area (Å²) in [6, 6.07) is 0. The maximum Gasteiger partial charge on any atom is 0.349 e. The van der Waals surface area contributed by atoms with Crippen LogP contribution in [0.1, 0.15) is 0 Å². The molecular formula is C6H12ClNO2. The van der Waals surface area contributed by atoms with Crippen LogP contribution >= 0.6 is 11.6 Å². The summed E-state index contributed by atoms with van der Waals surface area (Å²) in [6.45, 7) is 3.21. The molecule has 0 radical (unpaired) electrons. The predicted molar refractivity (Wildman–Crippen MR) is 41.8 cm³/mol. The topological polar surface area (TPSA) is 29.5 Å². The smallest absolute Gasteiger partial charge is 0.349 e. The van der Waals surface area contributed by atoms with Crippen molar-refractivity contribution in [2.45, 2.75) is 0 Å². The summed E-state index contributed by atoms with van der Waals surface area (Å²) >= 11 is 4.64. The van der Waals surface area contributed by atoms with Gasteiger partial charge in [0.05, 0.1) is 0 Å². The van der Waals surface area contributed by atoms with Crippen molar-refractivity contribution in [2.24, 2.45) is 0 Å². The highest BCUT2D eigenvalue weighted by Gasteiger charge is 1.94. The number of nitrogens with zero attached hydrogens (tertiary/aromatic N) is 1. The zero-order valence-corrected chi connectivity index (χ0v) is 7.18. The molecule has 3 nitrogen and oxygen atoms in total. The summed E-state index contributed by atoms with van der Waals surface area (Å²) in [5.74, 6) is -0.435. The lowest BCUT2D eigenvalue weighted by Gasteiger charge is -2.05. The fourth-order valence-electron chi connectivity index (χ4n) is 0.217. The molecule has 0 atom stereocenters. The van der Waals surface area contributed by atoms with Crippen LogP contribution in [0.25, 0.3) is 0 Å². The molecule has 0 aromatic rings. The number of carbonyl (C=O) groups excluding carboxylic acids is 1. The number of hydrogen-bond acceptors (Lipinski definition) is 3. The number of carbonyl (C=O) groups is 1. The van der Waals surface area contributed by atoms with Crippen LogP contribution in [-0.4, -0.2) is 31.5 Å². The lowest BCUT2D eigenvalue weighted by Crippen LogP contribution is -2.16. The molecule has 0 spiro atoms. The molecule has 0 heterocycles. The van der Waals surface area contributed by atoms with Crippen LogP contribution in [0, 0.1) is 0 Å². The molecule has 0 amide bonds. The second-order valence-electron chi connectivity index (χ2n) is 1.43. The minimum absolute atomic E-state index is 0.435. The van der Waals surface area contributed by atoms with Crippen LogP contribution in [0.5, 0.6) is 0 Å². The SMILES string of the molecule is C=CC(=O)ON(C)C.CCl. The van der Waals surface area contributed by atoms with Crippen molar-refractivity contribution >= 4 is 17.6 Å². The Labute approximate surface area is 66.2 Å². The molecular weight excluding hydrogens is 154 g/mol. The maximum absolute atomic E-state index is 10.2. The van der Waals surface area contributed by atoms with Crippen molar-refractivity contribution in [1.82, 2.24) is 5.06 Å². The molecule has 0 bridgehead atoms. The summed E-state index contributed by atoms with van der Waals surface area (Å²) in [6.07, 6.45) is 2.58. The van der Waals surface area contributed by atoms with Crippen LogP contribution in [0.3, 0.4) is 0 Å². The molecule has 0 N–H and O–H groups in total. The zero-order valence-electron chi connectivity index (χ0n) is 6.43. The average molecular weight is 166 g/mol. The first-order chi connectivity index (χ1) is 4.66. The molecule has 0 rings (SSSR count). The molecule has 0 aromatic heterocycles. The number of halogens is 1. The van der Waals surface area contributed by atoms with Gasteiger partial charge in [0.2, 0.25) is 0 Å². The standard InChI is InChI=1S/C5H9NO2.CH3Cl/c1-4-5(7)8-6(2)3;1-2/h4H,1H2,2-3H3;1H3. The molecule has 4 heteroatoms. The number of hydrogen-bond donors (Lipinski definition) is 0. The highest BCUT2D eigenvalue weighted by molar-refractivity contribution is 6.15. The van der Waals surface area contributed by atoms with Crippen LogP contribution < -0.4 is 0 Å². The van der Waals surface area contributed by atoms with Gasteiger partial charge >= 0.3 is 5.97 Å². The Morgan fingerprint density at radius 2 is 2.00 bits per heavy atom. The molecule has 0 aliphatic carbocycles. The second-order valence-corrected chi connectivity index (χ2v) is 1.43. The second kappa shape index (κ2) is 8.46. The van der Waals surface area contributed by atoms with Crippen molar-refractivity contribution in [3.8, 4) is 0 Å². The molecule has 0 fully saturated rings. The minimum atomic E-state index is -0.435. The summed E-state index contributed by atoms with van der Waals surface area (Å²) < 4.78 is 0. The highest BCUT2D eigenvalue weighted by Crippen LogP contribution is 1.79. The Morgan fingerprint density at radius 3 is 2.10 bits per heavy atom. The van der Waals surface area contributed by atoms with Gasteiger partial charge in [0.1, 0.15) is 0 Å². The fraction of sp³-hybridized carbons (Fsp3) is 0.500. The van der Waals surface area contributed by atoms with Gasteiger partial charge in [-0.15, -0.1) is 16.7 Å². The lowest BCUT2D eigenvalue weighted by molar-refractivity contribution is -0.171. The number of rotatable bonds is 2. The highest BCUT2D eigenvalue weighted by atomic mass is 35.5. The van der Waals surface area contributed by atoms with Crippen molar-refractivity contribution in [3.05, 3.63) is 12.7 Å². The van der Waals surface area contributed by atoms with Crippen LogP contribution in [0.2, 0.25) is 0 Å². The Bertz CT molecular complexity index is 104. The van der Waals surface area contributed by atoms with Gasteiger partial charge in [-0.3, -0.25) is 0 Å². The van der Waals surface area contributed by atoms with E-state index >= 15 is 0 Å². The molecule has 0 saturated carbocycles. The third kappa shape index (κ3) is 10.4. The molecule has 0 aromatic carbocycles. The Balaban J connectivity index is 0. The summed E-state index contributed by atoms with van der Waals surface area (Å²) in [7, 11) is 3.25. The maximum atomic E-state index is 10.2. The average Bonchev–Trinajstić information content (AvgIpc) is 1.91. The van der Waals surface area contributed by atoms with Gasteiger partial charge in [0.15, 0.2) is 0 Å². The molecule has 0 aliphatic rings. The van der Waals surface area contributed by atoms with Crippen LogP contribution in [-0.2, 0) is 9.63 Å². The monoisotopic (exact) mass is 165 g/mol. The summed E-state index contributed by atoms with van der Waals surface area (Å²) in [5, 5.41) is 1.31. The molecule has 60 valence electrons. The first-order valence-corrected chi connectivity index (χ1v) is 3.32. The van der Waals surface area contributed by atoms with Crippen LogP contribution in [0.15, 0.2) is 12.7 Å². The molecule has 0 unspecified atom stereocenters. The Kier molecular flexibility index (Phi) is 10.3. The van der Waals surface area contributed by atoms with E-state index in [9.17, 15) is 4.79 Å². The molecule has 0 aliphatic heterocycles. The minimum Gasteiger partial charge on any atom is -0.365 e. The quantitative estimate of drug-likeness (QED) is 0.348. The zero-order chi connectivity index (χ0) is 8.57. The van der Waals surface area contributed by atoms with E-state index in [4.69, 9.17) is 0 Å². The summed E-state index contributed by atoms with van der Waals surface area (Å²) in [5.41, 5.74) is 0. The first kappa shape index (κ1) is 12.2. The summed E-state index contributed by atoms with van der Waals surface area (Å²) in [4.78, 5) is 14.7. The van der Waals surface area contributed by atoms with Gasteiger partial charge < -0.3 is 4.84 Å². The van der Waals surface area contributed by atoms with Gasteiger partial charge in [0, 0.05) is 26.6 Å². The van der Waals surface area contributed by atoms with Gasteiger partial charge in [0.25, 0.3) is 0 Å². The third-order valence-electron chi connectivity index (χ3n) is 0.439. The predicted octanol–water partition coefficient (Wildman–Crippen LogP) is 1.05. The van der Waals surface area contributed by atoms with E-state index in [1.54, 1.807) is 14.1 Å². The Hall–Kier alpha value is -0.540. The first-order valence-electron chi connectivity index (χ1n) is 2.56. The van der Waals surface area contributed by atoms with Gasteiger partial charge in [-0.2, -0.15) is 0 Å². The van der Waals surface area contributed by atoms with Gasteiger partial charge in [-0.25, -0.2) is 4.79 Å². The van der Waals surface area contributed by atoms with E-state index in [1.807, 2.05) is 0 Å². The van der Waals surface area contributed by atoms with E-state index in [0.29, 0.717) is 0 Å².